The zero-order valence-corrected chi connectivity index (χ0v) is 7.64. The average Bonchev–Trinajstić information content (AvgIpc) is 2.65. The maximum absolute atomic E-state index is 5.66. The van der Waals surface area contributed by atoms with Crippen LogP contribution in [0.4, 0.5) is 5.69 Å². The smallest absolute Gasteiger partial charge is 0.159 e. The standard InChI is InChI=1S/C8H12N2OS/c9-7-4-10-11-8(7)3-6-1-2-12-5-6/h4,6H,1-3,5,9H2. The summed E-state index contributed by atoms with van der Waals surface area (Å²) in [6, 6.07) is 0. The fraction of sp³-hybridized carbons (Fsp3) is 0.625. The molecular formula is C8H12N2OS. The topological polar surface area (TPSA) is 52.0 Å². The third kappa shape index (κ3) is 1.58. The second-order valence-electron chi connectivity index (χ2n) is 3.14. The molecule has 0 aliphatic carbocycles. The predicted octanol–water partition coefficient (Wildman–Crippen LogP) is 1.55. The molecule has 1 fully saturated rings. The number of aromatic nitrogens is 1. The molecule has 0 saturated carbocycles. The summed E-state index contributed by atoms with van der Waals surface area (Å²) in [6.07, 6.45) is 3.82. The summed E-state index contributed by atoms with van der Waals surface area (Å²) in [5.41, 5.74) is 6.36. The third-order valence-electron chi connectivity index (χ3n) is 2.17. The number of rotatable bonds is 2. The molecule has 1 saturated heterocycles. The molecular weight excluding hydrogens is 172 g/mol. The van der Waals surface area contributed by atoms with Gasteiger partial charge in [-0.15, -0.1) is 0 Å². The molecule has 0 radical (unpaired) electrons. The summed E-state index contributed by atoms with van der Waals surface area (Å²) in [5, 5.41) is 3.66. The van der Waals surface area contributed by atoms with Gasteiger partial charge in [-0.1, -0.05) is 5.16 Å². The summed E-state index contributed by atoms with van der Waals surface area (Å²) in [6.45, 7) is 0. The minimum Gasteiger partial charge on any atom is -0.395 e. The summed E-state index contributed by atoms with van der Waals surface area (Å²) < 4.78 is 5.04. The molecule has 1 aliphatic heterocycles. The van der Waals surface area contributed by atoms with Gasteiger partial charge in [0.1, 0.15) is 0 Å². The SMILES string of the molecule is Nc1cnoc1CC1CCSC1. The molecule has 1 aromatic rings. The van der Waals surface area contributed by atoms with Gasteiger partial charge in [0.15, 0.2) is 5.76 Å². The molecule has 0 spiro atoms. The Balaban J connectivity index is 1.98. The van der Waals surface area contributed by atoms with Crippen molar-refractivity contribution in [2.45, 2.75) is 12.8 Å². The van der Waals surface area contributed by atoms with Crippen molar-refractivity contribution in [3.05, 3.63) is 12.0 Å². The molecule has 12 heavy (non-hydrogen) atoms. The van der Waals surface area contributed by atoms with Crippen LogP contribution >= 0.6 is 11.8 Å². The van der Waals surface area contributed by atoms with Crippen molar-refractivity contribution >= 4 is 17.4 Å². The summed E-state index contributed by atoms with van der Waals surface area (Å²) in [7, 11) is 0. The zero-order valence-electron chi connectivity index (χ0n) is 6.82. The van der Waals surface area contributed by atoms with E-state index in [1.165, 1.54) is 17.9 Å². The lowest BCUT2D eigenvalue weighted by Gasteiger charge is -2.03. The van der Waals surface area contributed by atoms with Crippen LogP contribution in [0.1, 0.15) is 12.2 Å². The van der Waals surface area contributed by atoms with Crippen LogP contribution in [0.2, 0.25) is 0 Å². The van der Waals surface area contributed by atoms with Crippen molar-refractivity contribution in [1.82, 2.24) is 5.16 Å². The lowest BCUT2D eigenvalue weighted by Crippen LogP contribution is -2.03. The fourth-order valence-electron chi connectivity index (χ4n) is 1.43. The first-order valence-corrected chi connectivity index (χ1v) is 5.28. The van der Waals surface area contributed by atoms with Gasteiger partial charge >= 0.3 is 0 Å². The molecule has 1 atom stereocenters. The van der Waals surface area contributed by atoms with E-state index in [0.29, 0.717) is 5.69 Å². The first-order chi connectivity index (χ1) is 5.86. The molecule has 2 N–H and O–H groups in total. The van der Waals surface area contributed by atoms with Crippen LogP contribution in [0.3, 0.4) is 0 Å². The van der Waals surface area contributed by atoms with Crippen LogP contribution in [0, 0.1) is 5.92 Å². The van der Waals surface area contributed by atoms with Crippen LogP contribution in [-0.4, -0.2) is 16.7 Å². The molecule has 3 nitrogen and oxygen atoms in total. The highest BCUT2D eigenvalue weighted by Crippen LogP contribution is 2.27. The molecule has 1 aliphatic rings. The van der Waals surface area contributed by atoms with Crippen LogP contribution < -0.4 is 5.73 Å². The Labute approximate surface area is 75.7 Å². The van der Waals surface area contributed by atoms with Crippen molar-refractivity contribution in [3.8, 4) is 0 Å². The summed E-state index contributed by atoms with van der Waals surface area (Å²) >= 11 is 2.01. The molecule has 1 aromatic heterocycles. The summed E-state index contributed by atoms with van der Waals surface area (Å²) in [4.78, 5) is 0. The molecule has 0 aromatic carbocycles. The second-order valence-corrected chi connectivity index (χ2v) is 4.29. The Kier molecular flexibility index (Phi) is 2.26. The Morgan fingerprint density at radius 2 is 2.67 bits per heavy atom. The minimum absolute atomic E-state index is 0.701. The number of hydrogen-bond acceptors (Lipinski definition) is 4. The van der Waals surface area contributed by atoms with E-state index in [9.17, 15) is 0 Å². The van der Waals surface area contributed by atoms with Crippen LogP contribution in [0.25, 0.3) is 0 Å². The van der Waals surface area contributed by atoms with E-state index >= 15 is 0 Å². The minimum atomic E-state index is 0.701. The van der Waals surface area contributed by atoms with Crippen molar-refractivity contribution in [2.75, 3.05) is 17.2 Å². The van der Waals surface area contributed by atoms with Gasteiger partial charge in [0, 0.05) is 6.42 Å². The van der Waals surface area contributed by atoms with E-state index in [1.54, 1.807) is 6.20 Å². The number of hydrogen-bond donors (Lipinski definition) is 1. The van der Waals surface area contributed by atoms with Crippen molar-refractivity contribution in [2.24, 2.45) is 5.92 Å². The number of anilines is 1. The van der Waals surface area contributed by atoms with E-state index in [4.69, 9.17) is 10.3 Å². The van der Waals surface area contributed by atoms with Gasteiger partial charge in [-0.3, -0.25) is 0 Å². The maximum atomic E-state index is 5.66. The largest absolute Gasteiger partial charge is 0.395 e. The highest BCUT2D eigenvalue weighted by Gasteiger charge is 2.18. The van der Waals surface area contributed by atoms with E-state index in [0.717, 1.165) is 18.1 Å². The highest BCUT2D eigenvalue weighted by molar-refractivity contribution is 7.99. The highest BCUT2D eigenvalue weighted by atomic mass is 32.2. The lowest BCUT2D eigenvalue weighted by atomic mass is 10.0. The number of nitrogens with two attached hydrogens (primary N) is 1. The van der Waals surface area contributed by atoms with Crippen LogP contribution in [-0.2, 0) is 6.42 Å². The van der Waals surface area contributed by atoms with Gasteiger partial charge in [0.05, 0.1) is 11.9 Å². The molecule has 66 valence electrons. The summed E-state index contributed by atoms with van der Waals surface area (Å²) in [5.74, 6) is 4.12. The van der Waals surface area contributed by atoms with Gasteiger partial charge in [-0.2, -0.15) is 11.8 Å². The molecule has 0 bridgehead atoms. The number of thioether (sulfide) groups is 1. The Morgan fingerprint density at radius 3 is 3.25 bits per heavy atom. The first-order valence-electron chi connectivity index (χ1n) is 4.13. The van der Waals surface area contributed by atoms with Gasteiger partial charge in [-0.05, 0) is 23.8 Å². The zero-order chi connectivity index (χ0) is 8.39. The van der Waals surface area contributed by atoms with Crippen molar-refractivity contribution < 1.29 is 4.52 Å². The van der Waals surface area contributed by atoms with Crippen molar-refractivity contribution in [3.63, 3.8) is 0 Å². The van der Waals surface area contributed by atoms with Crippen LogP contribution in [0.15, 0.2) is 10.7 Å². The van der Waals surface area contributed by atoms with E-state index < -0.39 is 0 Å². The molecule has 1 unspecified atom stereocenters. The molecule has 2 heterocycles. The lowest BCUT2D eigenvalue weighted by molar-refractivity contribution is 0.366. The monoisotopic (exact) mass is 184 g/mol. The average molecular weight is 184 g/mol. The third-order valence-corrected chi connectivity index (χ3v) is 3.41. The molecule has 4 heteroatoms. The van der Waals surface area contributed by atoms with E-state index in [-0.39, 0.29) is 0 Å². The molecule has 0 amide bonds. The predicted molar refractivity (Wildman–Crippen MR) is 50.1 cm³/mol. The van der Waals surface area contributed by atoms with E-state index in [1.807, 2.05) is 11.8 Å². The Hall–Kier alpha value is -0.640. The normalized spacial score (nSPS) is 23.2. The Bertz CT molecular complexity index is 255. The molecule has 2 rings (SSSR count). The van der Waals surface area contributed by atoms with Gasteiger partial charge < -0.3 is 10.3 Å². The Morgan fingerprint density at radius 1 is 1.75 bits per heavy atom. The van der Waals surface area contributed by atoms with Crippen molar-refractivity contribution in [1.29, 1.82) is 0 Å². The first kappa shape index (κ1) is 7.98. The quantitative estimate of drug-likeness (QED) is 0.757. The van der Waals surface area contributed by atoms with E-state index in [2.05, 4.69) is 5.16 Å². The van der Waals surface area contributed by atoms with Gasteiger partial charge in [0.2, 0.25) is 0 Å². The maximum Gasteiger partial charge on any atom is 0.159 e. The van der Waals surface area contributed by atoms with Crippen LogP contribution in [0.5, 0.6) is 0 Å². The van der Waals surface area contributed by atoms with Gasteiger partial charge in [-0.25, -0.2) is 0 Å². The number of nitrogen functional groups attached to an aromatic ring is 1. The van der Waals surface area contributed by atoms with Gasteiger partial charge in [0.25, 0.3) is 0 Å². The fourth-order valence-corrected chi connectivity index (χ4v) is 2.72. The number of nitrogens with zero attached hydrogens (tertiary/aromatic N) is 1. The second kappa shape index (κ2) is 3.39.